The topological polar surface area (TPSA) is 176 Å². The summed E-state index contributed by atoms with van der Waals surface area (Å²) in [6, 6.07) is 5.85. The van der Waals surface area contributed by atoms with Crippen LogP contribution in [0.1, 0.15) is 40.2 Å². The van der Waals surface area contributed by atoms with E-state index >= 15 is 4.39 Å². The van der Waals surface area contributed by atoms with Gasteiger partial charge in [-0.05, 0) is 68.1 Å². The van der Waals surface area contributed by atoms with Gasteiger partial charge in [0.1, 0.15) is 17.7 Å². The Morgan fingerprint density at radius 3 is 2.62 bits per heavy atom. The first-order valence-electron chi connectivity index (χ1n) is 11.8. The highest BCUT2D eigenvalue weighted by molar-refractivity contribution is 7.89. The predicted molar refractivity (Wildman–Crippen MR) is 144 cm³/mol. The third kappa shape index (κ3) is 7.62. The lowest BCUT2D eigenvalue weighted by molar-refractivity contribution is -0.139. The number of carboxylic acids is 1. The zero-order valence-electron chi connectivity index (χ0n) is 21.3. The first kappa shape index (κ1) is 29.3. The highest BCUT2D eigenvalue weighted by Crippen LogP contribution is 2.24. The fraction of sp³-hybridized carbons (Fsp3) is 0.308. The molecule has 1 aromatic heterocycles. The number of fused-ring (bicyclic) bond motifs is 1. The van der Waals surface area contributed by atoms with Gasteiger partial charge in [-0.15, -0.1) is 6.42 Å². The monoisotopic (exact) mass is 557 g/mol. The molecule has 206 valence electrons. The Balaban J connectivity index is 1.82. The van der Waals surface area contributed by atoms with E-state index in [1.807, 2.05) is 6.92 Å². The Labute approximate surface area is 224 Å². The van der Waals surface area contributed by atoms with Crippen LogP contribution in [-0.4, -0.2) is 53.7 Å². The number of halogens is 1. The SMILES string of the molecule is C#CCN(Cc1cc2c(=O)[nH]c(C)nc2cc1C)c1ccc(C(=O)NC(CCCS(N)(=O)=O)C(=O)O)c(F)c1. The lowest BCUT2D eigenvalue weighted by atomic mass is 10.0. The average Bonchev–Trinajstić information content (AvgIpc) is 2.82. The molecule has 1 amide bonds. The minimum atomic E-state index is -3.80. The first-order chi connectivity index (χ1) is 18.3. The van der Waals surface area contributed by atoms with Crippen LogP contribution in [0.25, 0.3) is 10.9 Å². The summed E-state index contributed by atoms with van der Waals surface area (Å²) in [5, 5.41) is 16.9. The number of aromatic nitrogens is 2. The number of primary sulfonamides is 1. The quantitative estimate of drug-likeness (QED) is 0.257. The van der Waals surface area contributed by atoms with Gasteiger partial charge in [-0.25, -0.2) is 27.7 Å². The molecular formula is C26H28FN5O6S. The molecule has 13 heteroatoms. The molecule has 11 nitrogen and oxygen atoms in total. The number of nitrogens with two attached hydrogens (primary N) is 1. The molecule has 0 aliphatic rings. The summed E-state index contributed by atoms with van der Waals surface area (Å²) in [5.41, 5.74) is 1.84. The van der Waals surface area contributed by atoms with Gasteiger partial charge >= 0.3 is 5.97 Å². The molecule has 0 saturated carbocycles. The summed E-state index contributed by atoms with van der Waals surface area (Å²) in [7, 11) is -3.80. The molecule has 2 aromatic carbocycles. The van der Waals surface area contributed by atoms with Gasteiger partial charge < -0.3 is 20.3 Å². The molecule has 1 atom stereocenters. The number of carbonyl (C=O) groups excluding carboxylic acids is 1. The largest absolute Gasteiger partial charge is 0.480 e. The number of rotatable bonds is 11. The number of carboxylic acid groups (broad SMARTS) is 1. The highest BCUT2D eigenvalue weighted by Gasteiger charge is 2.23. The Morgan fingerprint density at radius 1 is 1.28 bits per heavy atom. The maximum Gasteiger partial charge on any atom is 0.326 e. The van der Waals surface area contributed by atoms with Crippen molar-refractivity contribution in [3.8, 4) is 12.3 Å². The number of terminal acetylenes is 1. The van der Waals surface area contributed by atoms with E-state index < -0.39 is 45.1 Å². The number of benzene rings is 2. The zero-order valence-corrected chi connectivity index (χ0v) is 22.1. The second kappa shape index (κ2) is 12.1. The molecule has 1 heterocycles. The number of sulfonamides is 1. The van der Waals surface area contributed by atoms with E-state index in [1.54, 1.807) is 24.0 Å². The number of anilines is 1. The van der Waals surface area contributed by atoms with E-state index in [4.69, 9.17) is 11.6 Å². The van der Waals surface area contributed by atoms with Crippen LogP contribution in [0.5, 0.6) is 0 Å². The van der Waals surface area contributed by atoms with E-state index in [0.29, 0.717) is 22.4 Å². The van der Waals surface area contributed by atoms with E-state index in [1.165, 1.54) is 12.1 Å². The number of H-pyrrole nitrogens is 1. The molecule has 0 aliphatic heterocycles. The second-order valence-electron chi connectivity index (χ2n) is 9.05. The minimum Gasteiger partial charge on any atom is -0.480 e. The summed E-state index contributed by atoms with van der Waals surface area (Å²) < 4.78 is 37.2. The van der Waals surface area contributed by atoms with E-state index in [-0.39, 0.29) is 31.5 Å². The summed E-state index contributed by atoms with van der Waals surface area (Å²) in [4.78, 5) is 45.2. The van der Waals surface area contributed by atoms with Crippen molar-refractivity contribution in [1.29, 1.82) is 0 Å². The standard InChI is InChI=1S/C26H28FN5O6S/c1-4-9-32(14-17-12-20-23(11-15(17)2)29-16(3)30-25(20)34)18-7-8-19(21(27)13-18)24(33)31-22(26(35)36)6-5-10-39(28,37)38/h1,7-8,11-13,22H,5-6,9-10,14H2,2-3H3,(H,31,33)(H,35,36)(H2,28,37,38)(H,29,30,34). The van der Waals surface area contributed by atoms with Crippen molar-refractivity contribution in [3.05, 3.63) is 69.0 Å². The molecule has 39 heavy (non-hydrogen) atoms. The smallest absolute Gasteiger partial charge is 0.326 e. The lowest BCUT2D eigenvalue weighted by Crippen LogP contribution is -2.41. The minimum absolute atomic E-state index is 0.0934. The molecule has 0 bridgehead atoms. The van der Waals surface area contributed by atoms with Crippen molar-refractivity contribution in [2.45, 2.75) is 39.3 Å². The lowest BCUT2D eigenvalue weighted by Gasteiger charge is -2.24. The van der Waals surface area contributed by atoms with Gasteiger partial charge in [-0.2, -0.15) is 0 Å². The Hall–Kier alpha value is -4.28. The number of nitrogens with zero attached hydrogens (tertiary/aromatic N) is 2. The number of aromatic amines is 1. The van der Waals surface area contributed by atoms with Gasteiger partial charge in [0.15, 0.2) is 0 Å². The molecule has 0 aliphatic carbocycles. The van der Waals surface area contributed by atoms with Crippen LogP contribution in [-0.2, 0) is 21.4 Å². The van der Waals surface area contributed by atoms with Gasteiger partial charge in [0.25, 0.3) is 11.5 Å². The Morgan fingerprint density at radius 2 is 2.00 bits per heavy atom. The van der Waals surface area contributed by atoms with E-state index in [0.717, 1.165) is 17.2 Å². The summed E-state index contributed by atoms with van der Waals surface area (Å²) in [6.07, 6.45) is 5.23. The molecule has 0 saturated heterocycles. The van der Waals surface area contributed by atoms with Crippen LogP contribution in [0.4, 0.5) is 10.1 Å². The van der Waals surface area contributed by atoms with Gasteiger partial charge in [0.05, 0.1) is 28.8 Å². The number of hydrogen-bond acceptors (Lipinski definition) is 7. The van der Waals surface area contributed by atoms with Crippen molar-refractivity contribution >= 4 is 38.5 Å². The molecular weight excluding hydrogens is 529 g/mol. The second-order valence-corrected chi connectivity index (χ2v) is 10.8. The summed E-state index contributed by atoms with van der Waals surface area (Å²) >= 11 is 0. The normalized spacial score (nSPS) is 12.1. The Bertz CT molecular complexity index is 1630. The zero-order chi connectivity index (χ0) is 28.9. The Kier molecular flexibility index (Phi) is 9.05. The molecule has 3 rings (SSSR count). The van der Waals surface area contributed by atoms with Gasteiger partial charge in [-0.1, -0.05) is 5.92 Å². The average molecular weight is 558 g/mol. The third-order valence-electron chi connectivity index (χ3n) is 6.01. The molecule has 0 radical (unpaired) electrons. The van der Waals surface area contributed by atoms with E-state index in [2.05, 4.69) is 21.2 Å². The number of aliphatic carboxylic acids is 1. The van der Waals surface area contributed by atoms with Crippen molar-refractivity contribution in [1.82, 2.24) is 15.3 Å². The fourth-order valence-corrected chi connectivity index (χ4v) is 4.61. The van der Waals surface area contributed by atoms with Crippen LogP contribution >= 0.6 is 0 Å². The molecule has 0 spiro atoms. The molecule has 0 fully saturated rings. The van der Waals surface area contributed by atoms with Crippen molar-refractivity contribution < 1.29 is 27.5 Å². The highest BCUT2D eigenvalue weighted by atomic mass is 32.2. The molecule has 1 unspecified atom stereocenters. The van der Waals surface area contributed by atoms with E-state index in [9.17, 15) is 27.9 Å². The van der Waals surface area contributed by atoms with Crippen LogP contribution in [0, 0.1) is 32.0 Å². The van der Waals surface area contributed by atoms with Crippen molar-refractivity contribution in [2.24, 2.45) is 5.14 Å². The summed E-state index contributed by atoms with van der Waals surface area (Å²) in [6.45, 7) is 3.87. The summed E-state index contributed by atoms with van der Waals surface area (Å²) in [5.74, 6) is -0.732. The fourth-order valence-electron chi connectivity index (χ4n) is 4.04. The molecule has 3 aromatic rings. The van der Waals surface area contributed by atoms with Crippen LogP contribution in [0.2, 0.25) is 0 Å². The third-order valence-corrected chi connectivity index (χ3v) is 6.87. The number of aryl methyl sites for hydroxylation is 2. The van der Waals surface area contributed by atoms with Gasteiger partial charge in [0.2, 0.25) is 10.0 Å². The number of nitrogens with one attached hydrogen (secondary N) is 2. The van der Waals surface area contributed by atoms with Gasteiger partial charge in [-0.3, -0.25) is 9.59 Å². The van der Waals surface area contributed by atoms with Crippen LogP contribution < -0.4 is 20.9 Å². The number of hydrogen-bond donors (Lipinski definition) is 4. The number of carbonyl (C=O) groups is 2. The molecule has 5 N–H and O–H groups in total. The van der Waals surface area contributed by atoms with Crippen LogP contribution in [0.15, 0.2) is 35.1 Å². The van der Waals surface area contributed by atoms with Crippen molar-refractivity contribution in [3.63, 3.8) is 0 Å². The maximum absolute atomic E-state index is 15.0. The van der Waals surface area contributed by atoms with Gasteiger partial charge in [0, 0.05) is 12.2 Å². The van der Waals surface area contributed by atoms with Crippen molar-refractivity contribution in [2.75, 3.05) is 17.2 Å². The maximum atomic E-state index is 15.0. The first-order valence-corrected chi connectivity index (χ1v) is 13.5. The number of amides is 1. The van der Waals surface area contributed by atoms with Crippen LogP contribution in [0.3, 0.4) is 0 Å². The predicted octanol–water partition coefficient (Wildman–Crippen LogP) is 1.57.